The maximum absolute atomic E-state index is 9.92. The molecule has 0 aromatic carbocycles. The highest BCUT2D eigenvalue weighted by atomic mass is 16.6. The zero-order valence-corrected chi connectivity index (χ0v) is 19.8. The monoisotopic (exact) mass is 410 g/mol. The lowest BCUT2D eigenvalue weighted by Gasteiger charge is -2.23. The minimum Gasteiger partial charge on any atom is -0.443 e. The van der Waals surface area contributed by atoms with Crippen molar-refractivity contribution in [2.75, 3.05) is 27.7 Å². The van der Waals surface area contributed by atoms with Gasteiger partial charge in [-0.25, -0.2) is 0 Å². The molecule has 0 radical (unpaired) electrons. The van der Waals surface area contributed by atoms with Crippen LogP contribution in [0.2, 0.25) is 0 Å². The molecule has 1 rings (SSSR count). The van der Waals surface area contributed by atoms with Crippen molar-refractivity contribution in [2.45, 2.75) is 104 Å². The maximum Gasteiger partial charge on any atom is 0.159 e. The van der Waals surface area contributed by atoms with E-state index in [1.54, 1.807) is 6.92 Å². The predicted molar refractivity (Wildman–Crippen MR) is 122 cm³/mol. The van der Waals surface area contributed by atoms with Gasteiger partial charge in [0.25, 0.3) is 0 Å². The van der Waals surface area contributed by atoms with E-state index < -0.39 is 4.92 Å². The summed E-state index contributed by atoms with van der Waals surface area (Å²) < 4.78 is 1.12. The van der Waals surface area contributed by atoms with Gasteiger partial charge in [-0.3, -0.25) is 0 Å². The first-order chi connectivity index (χ1) is 13.8. The molecular formula is C23H46N4O2. The van der Waals surface area contributed by atoms with Crippen molar-refractivity contribution in [3.8, 4) is 0 Å². The van der Waals surface area contributed by atoms with Gasteiger partial charge < -0.3 is 24.6 Å². The lowest BCUT2D eigenvalue weighted by atomic mass is 10.0. The first kappa shape index (κ1) is 27.6. The smallest absolute Gasteiger partial charge is 0.159 e. The summed E-state index contributed by atoms with van der Waals surface area (Å²) in [7, 11) is 6.88. The SMILES string of the molecule is CCCCCCCCCCCCCCCC[N+](C)(C)C.Cc1nc([N+](=O)[O-])c[n-]1. The van der Waals surface area contributed by atoms with Gasteiger partial charge in [-0.05, 0) is 26.0 Å². The fraction of sp³-hybridized carbons (Fsp3) is 0.870. The number of imidazole rings is 1. The average molecular weight is 411 g/mol. The third-order valence-electron chi connectivity index (χ3n) is 5.01. The van der Waals surface area contributed by atoms with Gasteiger partial charge >= 0.3 is 0 Å². The van der Waals surface area contributed by atoms with E-state index in [4.69, 9.17) is 0 Å². The maximum atomic E-state index is 9.92. The van der Waals surface area contributed by atoms with E-state index in [1.165, 1.54) is 96.4 Å². The number of hydrogen-bond donors (Lipinski definition) is 0. The van der Waals surface area contributed by atoms with Crippen molar-refractivity contribution in [3.05, 3.63) is 22.1 Å². The molecule has 1 aromatic rings. The van der Waals surface area contributed by atoms with E-state index in [1.807, 2.05) is 0 Å². The third-order valence-corrected chi connectivity index (χ3v) is 5.01. The molecule has 0 aliphatic carbocycles. The molecule has 0 saturated heterocycles. The van der Waals surface area contributed by atoms with Crippen molar-refractivity contribution >= 4 is 5.82 Å². The summed E-state index contributed by atoms with van der Waals surface area (Å²) in [6.45, 7) is 5.23. The van der Waals surface area contributed by atoms with Crippen LogP contribution in [0.3, 0.4) is 0 Å². The number of quaternary nitrogens is 1. The third kappa shape index (κ3) is 19.7. The zero-order chi connectivity index (χ0) is 22.0. The van der Waals surface area contributed by atoms with Crippen LogP contribution in [0.15, 0.2) is 6.20 Å². The highest BCUT2D eigenvalue weighted by molar-refractivity contribution is 5.13. The summed E-state index contributed by atoms with van der Waals surface area (Å²) in [5, 5.41) is 9.92. The molecule has 1 aromatic heterocycles. The normalized spacial score (nSPS) is 11.2. The number of aryl methyl sites for hydroxylation is 1. The molecule has 0 bridgehead atoms. The van der Waals surface area contributed by atoms with Crippen LogP contribution in [-0.4, -0.2) is 42.1 Å². The quantitative estimate of drug-likeness (QED) is 0.136. The van der Waals surface area contributed by atoms with Gasteiger partial charge in [0.2, 0.25) is 0 Å². The Morgan fingerprint density at radius 2 is 1.28 bits per heavy atom. The molecule has 0 amide bonds. The Hall–Kier alpha value is -1.43. The van der Waals surface area contributed by atoms with Gasteiger partial charge in [0, 0.05) is 0 Å². The molecule has 0 aliphatic rings. The van der Waals surface area contributed by atoms with Crippen molar-refractivity contribution < 1.29 is 9.41 Å². The van der Waals surface area contributed by atoms with Crippen LogP contribution in [-0.2, 0) is 0 Å². The second-order valence-corrected chi connectivity index (χ2v) is 9.14. The van der Waals surface area contributed by atoms with Gasteiger partial charge in [-0.2, -0.15) is 0 Å². The Labute approximate surface area is 179 Å². The van der Waals surface area contributed by atoms with Crippen molar-refractivity contribution in [3.63, 3.8) is 0 Å². The number of unbranched alkanes of at least 4 members (excludes halogenated alkanes) is 13. The molecule has 0 N–H and O–H groups in total. The first-order valence-electron chi connectivity index (χ1n) is 11.7. The Kier molecular flexibility index (Phi) is 16.6. The summed E-state index contributed by atoms with van der Waals surface area (Å²) in [4.78, 5) is 16.4. The standard InChI is InChI=1S/C19H42N.C4H4N3O2/c1-5-6-7-8-9-10-11-12-13-14-15-16-17-18-19-20(2,3)4;1-3-5-2-4(6-3)7(8)9/h5-19H2,1-4H3;2H,1H3/q+1;-1. The van der Waals surface area contributed by atoms with Gasteiger partial charge in [0.15, 0.2) is 5.82 Å². The topological polar surface area (TPSA) is 70.1 Å². The summed E-state index contributed by atoms with van der Waals surface area (Å²) in [6.07, 6.45) is 21.5. The van der Waals surface area contributed by atoms with Gasteiger partial charge in [-0.15, -0.1) is 0 Å². The lowest BCUT2D eigenvalue weighted by Crippen LogP contribution is -2.35. The van der Waals surface area contributed by atoms with E-state index in [9.17, 15) is 10.1 Å². The van der Waals surface area contributed by atoms with Crippen molar-refractivity contribution in [2.24, 2.45) is 0 Å². The van der Waals surface area contributed by atoms with E-state index in [0.717, 1.165) is 10.7 Å². The fourth-order valence-electron chi connectivity index (χ4n) is 3.24. The van der Waals surface area contributed by atoms with Crippen LogP contribution < -0.4 is 4.98 Å². The Morgan fingerprint density at radius 1 is 0.862 bits per heavy atom. The van der Waals surface area contributed by atoms with E-state index >= 15 is 0 Å². The average Bonchev–Trinajstić information content (AvgIpc) is 3.08. The molecule has 0 spiro atoms. The molecule has 0 aliphatic heterocycles. The Morgan fingerprint density at radius 3 is 1.55 bits per heavy atom. The lowest BCUT2D eigenvalue weighted by molar-refractivity contribution is -0.870. The van der Waals surface area contributed by atoms with Crippen molar-refractivity contribution in [1.82, 2.24) is 9.97 Å². The Bertz CT molecular complexity index is 509. The molecule has 1 heterocycles. The number of rotatable bonds is 16. The van der Waals surface area contributed by atoms with E-state index in [-0.39, 0.29) is 5.82 Å². The molecule has 0 saturated carbocycles. The number of hydrogen-bond acceptors (Lipinski definition) is 3. The first-order valence-corrected chi connectivity index (χ1v) is 11.7. The summed E-state index contributed by atoms with van der Waals surface area (Å²) in [6, 6.07) is 0. The van der Waals surface area contributed by atoms with E-state index in [2.05, 4.69) is 38.0 Å². The van der Waals surface area contributed by atoms with Crippen LogP contribution in [0.1, 0.15) is 103 Å². The summed E-state index contributed by atoms with van der Waals surface area (Å²) >= 11 is 0. The molecule has 6 nitrogen and oxygen atoms in total. The van der Waals surface area contributed by atoms with Crippen LogP contribution in [0.5, 0.6) is 0 Å². The molecule has 0 fully saturated rings. The second kappa shape index (κ2) is 17.4. The molecule has 29 heavy (non-hydrogen) atoms. The highest BCUT2D eigenvalue weighted by Gasteiger charge is 2.04. The number of aromatic nitrogens is 2. The van der Waals surface area contributed by atoms with E-state index in [0.29, 0.717) is 5.82 Å². The van der Waals surface area contributed by atoms with Crippen molar-refractivity contribution in [1.29, 1.82) is 0 Å². The van der Waals surface area contributed by atoms with Gasteiger partial charge in [-0.1, -0.05) is 94.7 Å². The minimum atomic E-state index is -0.569. The predicted octanol–water partition coefficient (Wildman–Crippen LogP) is 6.43. The molecule has 170 valence electrons. The van der Waals surface area contributed by atoms with Crippen LogP contribution in [0.25, 0.3) is 0 Å². The summed E-state index contributed by atoms with van der Waals surface area (Å²) in [5.41, 5.74) is 0. The van der Waals surface area contributed by atoms with Crippen LogP contribution >= 0.6 is 0 Å². The largest absolute Gasteiger partial charge is 0.443 e. The fourth-order valence-corrected chi connectivity index (χ4v) is 3.24. The molecule has 6 heteroatoms. The molecular weight excluding hydrogens is 364 g/mol. The van der Waals surface area contributed by atoms with Gasteiger partial charge in [0.1, 0.15) is 0 Å². The highest BCUT2D eigenvalue weighted by Crippen LogP contribution is 2.13. The number of nitrogens with zero attached hydrogens (tertiary/aromatic N) is 4. The second-order valence-electron chi connectivity index (χ2n) is 9.14. The summed E-state index contributed by atoms with van der Waals surface area (Å²) in [5.74, 6) is 0.245. The Balaban J connectivity index is 0.000000717. The molecule has 0 unspecified atom stereocenters. The van der Waals surface area contributed by atoms with Crippen LogP contribution in [0.4, 0.5) is 5.82 Å². The van der Waals surface area contributed by atoms with Gasteiger partial charge in [0.05, 0.1) is 27.7 Å². The zero-order valence-electron chi connectivity index (χ0n) is 19.8. The number of nitro groups is 1. The molecule has 0 atom stereocenters. The minimum absolute atomic E-state index is 0.187. The van der Waals surface area contributed by atoms with Crippen LogP contribution in [0, 0.1) is 17.0 Å².